The largest absolute Gasteiger partial charge is 0.493 e. The molecule has 28 heavy (non-hydrogen) atoms. The summed E-state index contributed by atoms with van der Waals surface area (Å²) < 4.78 is 16.0. The van der Waals surface area contributed by atoms with Crippen molar-refractivity contribution in [1.82, 2.24) is 4.98 Å². The van der Waals surface area contributed by atoms with Crippen molar-refractivity contribution in [3.05, 3.63) is 59.3 Å². The number of aromatic nitrogens is 1. The minimum Gasteiger partial charge on any atom is -0.493 e. The lowest BCUT2D eigenvalue weighted by atomic mass is 10.1. The van der Waals surface area contributed by atoms with Gasteiger partial charge >= 0.3 is 0 Å². The van der Waals surface area contributed by atoms with Crippen LogP contribution in [0.25, 0.3) is 10.9 Å². The van der Waals surface area contributed by atoms with Gasteiger partial charge < -0.3 is 19.5 Å². The minimum absolute atomic E-state index is 0.222. The molecule has 6 nitrogen and oxygen atoms in total. The van der Waals surface area contributed by atoms with Crippen LogP contribution in [0.1, 0.15) is 21.6 Å². The van der Waals surface area contributed by atoms with Gasteiger partial charge in [-0.2, -0.15) is 0 Å². The fraction of sp³-hybridized carbons (Fsp3) is 0.273. The average Bonchev–Trinajstić information content (AvgIpc) is 2.67. The van der Waals surface area contributed by atoms with E-state index < -0.39 is 0 Å². The number of benzene rings is 2. The quantitative estimate of drug-likeness (QED) is 0.624. The Balaban J connectivity index is 1.84. The summed E-state index contributed by atoms with van der Waals surface area (Å²) in [7, 11) is 3.18. The molecule has 1 amide bonds. The van der Waals surface area contributed by atoms with Crippen LogP contribution in [0, 0.1) is 13.8 Å². The van der Waals surface area contributed by atoms with Gasteiger partial charge in [0.1, 0.15) is 6.61 Å². The highest BCUT2D eigenvalue weighted by atomic mass is 16.5. The number of carbonyl (C=O) groups excluding carboxylic acids is 1. The van der Waals surface area contributed by atoms with E-state index in [1.165, 1.54) is 0 Å². The highest BCUT2D eigenvalue weighted by Gasteiger charge is 2.14. The molecule has 0 fully saturated rings. The topological polar surface area (TPSA) is 69.7 Å². The Morgan fingerprint density at radius 1 is 1.00 bits per heavy atom. The van der Waals surface area contributed by atoms with Crippen LogP contribution in [0.15, 0.2) is 42.5 Å². The lowest BCUT2D eigenvalue weighted by Gasteiger charge is -2.13. The predicted molar refractivity (Wildman–Crippen MR) is 110 cm³/mol. The molecule has 0 aliphatic rings. The Morgan fingerprint density at radius 2 is 1.82 bits per heavy atom. The van der Waals surface area contributed by atoms with E-state index >= 15 is 0 Å². The third-order valence-electron chi connectivity index (χ3n) is 4.37. The second-order valence-corrected chi connectivity index (χ2v) is 6.48. The maximum Gasteiger partial charge on any atom is 0.257 e. The van der Waals surface area contributed by atoms with Crippen LogP contribution >= 0.6 is 0 Å². The standard InChI is InChI=1S/C22H24N2O4/c1-14-5-6-16-12-18(15(2)23-19(16)11-14)22(25)24-17-7-8-20(27-4)21(13-17)28-10-9-26-3/h5-8,11-13H,9-10H2,1-4H3,(H,24,25). The van der Waals surface area contributed by atoms with Gasteiger partial charge in [0.05, 0.1) is 30.5 Å². The summed E-state index contributed by atoms with van der Waals surface area (Å²) in [4.78, 5) is 17.4. The normalized spacial score (nSPS) is 10.7. The summed E-state index contributed by atoms with van der Waals surface area (Å²) in [6.45, 7) is 4.70. The van der Waals surface area contributed by atoms with Gasteiger partial charge in [0.25, 0.3) is 5.91 Å². The number of pyridine rings is 1. The molecule has 1 aromatic heterocycles. The number of aryl methyl sites for hydroxylation is 2. The zero-order valence-electron chi connectivity index (χ0n) is 16.5. The van der Waals surface area contributed by atoms with E-state index in [0.717, 1.165) is 16.5 Å². The third-order valence-corrected chi connectivity index (χ3v) is 4.37. The summed E-state index contributed by atoms with van der Waals surface area (Å²) >= 11 is 0. The molecule has 0 saturated carbocycles. The summed E-state index contributed by atoms with van der Waals surface area (Å²) in [6.07, 6.45) is 0. The first-order valence-corrected chi connectivity index (χ1v) is 9.01. The number of rotatable bonds is 7. The van der Waals surface area contributed by atoms with Gasteiger partial charge in [0.2, 0.25) is 0 Å². The monoisotopic (exact) mass is 380 g/mol. The average molecular weight is 380 g/mol. The molecule has 0 atom stereocenters. The maximum absolute atomic E-state index is 12.8. The lowest BCUT2D eigenvalue weighted by molar-refractivity contribution is 0.102. The van der Waals surface area contributed by atoms with Gasteiger partial charge in [-0.3, -0.25) is 9.78 Å². The summed E-state index contributed by atoms with van der Waals surface area (Å²) in [5.74, 6) is 0.912. The molecule has 0 saturated heterocycles. The molecule has 146 valence electrons. The first-order valence-electron chi connectivity index (χ1n) is 9.01. The molecule has 1 N–H and O–H groups in total. The molecule has 3 aromatic rings. The Kier molecular flexibility index (Phi) is 6.11. The van der Waals surface area contributed by atoms with Gasteiger partial charge in [-0.05, 0) is 43.7 Å². The SMILES string of the molecule is COCCOc1cc(NC(=O)c2cc3ccc(C)cc3nc2C)ccc1OC. The van der Waals surface area contributed by atoms with Gasteiger partial charge in [-0.1, -0.05) is 12.1 Å². The second kappa shape index (κ2) is 8.71. The number of nitrogens with zero attached hydrogens (tertiary/aromatic N) is 1. The summed E-state index contributed by atoms with van der Waals surface area (Å²) in [5.41, 5.74) is 3.85. The number of ether oxygens (including phenoxy) is 3. The highest BCUT2D eigenvalue weighted by Crippen LogP contribution is 2.30. The van der Waals surface area contributed by atoms with Crippen molar-refractivity contribution in [2.75, 3.05) is 32.8 Å². The van der Waals surface area contributed by atoms with E-state index in [2.05, 4.69) is 10.3 Å². The number of anilines is 1. The number of methoxy groups -OCH3 is 2. The number of amides is 1. The van der Waals surface area contributed by atoms with Crippen molar-refractivity contribution >= 4 is 22.5 Å². The number of nitrogens with one attached hydrogen (secondary N) is 1. The lowest BCUT2D eigenvalue weighted by Crippen LogP contribution is -2.14. The molecule has 3 rings (SSSR count). The Bertz CT molecular complexity index is 1000. The number of fused-ring (bicyclic) bond motifs is 1. The molecule has 0 unspecified atom stereocenters. The molecular weight excluding hydrogens is 356 g/mol. The molecule has 0 bridgehead atoms. The van der Waals surface area contributed by atoms with Crippen molar-refractivity contribution in [3.8, 4) is 11.5 Å². The summed E-state index contributed by atoms with van der Waals surface area (Å²) in [5, 5.41) is 3.84. The van der Waals surface area contributed by atoms with Gasteiger partial charge in [0.15, 0.2) is 11.5 Å². The molecule has 6 heteroatoms. The van der Waals surface area contributed by atoms with E-state index in [1.54, 1.807) is 32.4 Å². The zero-order valence-corrected chi connectivity index (χ0v) is 16.5. The van der Waals surface area contributed by atoms with Crippen molar-refractivity contribution in [1.29, 1.82) is 0 Å². The van der Waals surface area contributed by atoms with Gasteiger partial charge in [0, 0.05) is 24.2 Å². The first kappa shape index (κ1) is 19.6. The Hall–Kier alpha value is -3.12. The number of carbonyl (C=O) groups is 1. The molecule has 0 aliphatic heterocycles. The van der Waals surface area contributed by atoms with Crippen LogP contribution in [-0.4, -0.2) is 38.3 Å². The highest BCUT2D eigenvalue weighted by molar-refractivity contribution is 6.07. The van der Waals surface area contributed by atoms with Crippen LogP contribution in [0.3, 0.4) is 0 Å². The molecular formula is C22H24N2O4. The fourth-order valence-electron chi connectivity index (χ4n) is 2.90. The van der Waals surface area contributed by atoms with Crippen molar-refractivity contribution < 1.29 is 19.0 Å². The Labute approximate surface area is 164 Å². The number of hydrogen-bond acceptors (Lipinski definition) is 5. The Morgan fingerprint density at radius 3 is 2.57 bits per heavy atom. The smallest absolute Gasteiger partial charge is 0.257 e. The van der Waals surface area contributed by atoms with E-state index in [9.17, 15) is 4.79 Å². The van der Waals surface area contributed by atoms with E-state index in [1.807, 2.05) is 38.1 Å². The fourth-order valence-corrected chi connectivity index (χ4v) is 2.90. The van der Waals surface area contributed by atoms with Crippen LogP contribution in [0.5, 0.6) is 11.5 Å². The molecule has 0 aliphatic carbocycles. The molecule has 1 heterocycles. The first-order chi connectivity index (χ1) is 13.5. The van der Waals surface area contributed by atoms with Gasteiger partial charge in [-0.25, -0.2) is 0 Å². The number of hydrogen-bond donors (Lipinski definition) is 1. The molecule has 2 aromatic carbocycles. The van der Waals surface area contributed by atoms with Crippen LogP contribution < -0.4 is 14.8 Å². The maximum atomic E-state index is 12.8. The van der Waals surface area contributed by atoms with Crippen LogP contribution in [-0.2, 0) is 4.74 Å². The predicted octanol–water partition coefficient (Wildman–Crippen LogP) is 4.14. The van der Waals surface area contributed by atoms with Crippen LogP contribution in [0.2, 0.25) is 0 Å². The van der Waals surface area contributed by atoms with Crippen LogP contribution in [0.4, 0.5) is 5.69 Å². The second-order valence-electron chi connectivity index (χ2n) is 6.48. The van der Waals surface area contributed by atoms with E-state index in [4.69, 9.17) is 14.2 Å². The van der Waals surface area contributed by atoms with Crippen molar-refractivity contribution in [2.45, 2.75) is 13.8 Å². The van der Waals surface area contributed by atoms with Crippen molar-refractivity contribution in [3.63, 3.8) is 0 Å². The summed E-state index contributed by atoms with van der Waals surface area (Å²) in [6, 6.07) is 13.1. The third kappa shape index (κ3) is 4.40. The van der Waals surface area contributed by atoms with Crippen molar-refractivity contribution in [2.24, 2.45) is 0 Å². The van der Waals surface area contributed by atoms with E-state index in [-0.39, 0.29) is 5.91 Å². The zero-order chi connectivity index (χ0) is 20.1. The van der Waals surface area contributed by atoms with E-state index in [0.29, 0.717) is 41.7 Å². The molecule has 0 radical (unpaired) electrons. The minimum atomic E-state index is -0.222. The molecule has 0 spiro atoms. The van der Waals surface area contributed by atoms with Gasteiger partial charge in [-0.15, -0.1) is 0 Å².